The van der Waals surface area contributed by atoms with E-state index in [1.54, 1.807) is 0 Å². The van der Waals surface area contributed by atoms with Gasteiger partial charge < -0.3 is 9.84 Å². The van der Waals surface area contributed by atoms with Crippen molar-refractivity contribution in [2.75, 3.05) is 6.61 Å². The summed E-state index contributed by atoms with van der Waals surface area (Å²) >= 11 is 0. The smallest absolute Gasteiger partial charge is 0.123 e. The van der Waals surface area contributed by atoms with E-state index in [9.17, 15) is 0 Å². The van der Waals surface area contributed by atoms with Crippen LogP contribution in [0.25, 0.3) is 0 Å². The molecule has 1 N–H and O–H groups in total. The largest absolute Gasteiger partial charge is 0.488 e. The van der Waals surface area contributed by atoms with Gasteiger partial charge in [0.05, 0.1) is 6.61 Å². The lowest BCUT2D eigenvalue weighted by atomic mass is 9.96. The lowest BCUT2D eigenvalue weighted by molar-refractivity contribution is 0.129. The minimum atomic E-state index is -0.198. The molecule has 0 saturated heterocycles. The van der Waals surface area contributed by atoms with E-state index in [-0.39, 0.29) is 12.2 Å². The van der Waals surface area contributed by atoms with E-state index in [1.807, 2.05) is 52.8 Å². The quantitative estimate of drug-likeness (QED) is 0.849. The summed E-state index contributed by atoms with van der Waals surface area (Å²) in [7, 11) is 0. The number of hydrogen-bond donors (Lipinski definition) is 1. The van der Waals surface area contributed by atoms with Crippen LogP contribution in [0.3, 0.4) is 0 Å². The van der Waals surface area contributed by atoms with Gasteiger partial charge in [0.15, 0.2) is 0 Å². The Bertz CT molecular complexity index is 350. The van der Waals surface area contributed by atoms with Gasteiger partial charge in [-0.15, -0.1) is 0 Å². The normalized spacial score (nSPS) is 11.9. The van der Waals surface area contributed by atoms with E-state index in [1.165, 1.54) is 0 Å². The second-order valence-electron chi connectivity index (χ2n) is 5.08. The van der Waals surface area contributed by atoms with Crippen molar-refractivity contribution in [2.24, 2.45) is 0 Å². The predicted octanol–water partition coefficient (Wildman–Crippen LogP) is 3.11. The lowest BCUT2D eigenvalue weighted by Crippen LogP contribution is -2.23. The highest BCUT2D eigenvalue weighted by Gasteiger charge is 2.16. The molecular formula is C14H21O2. The fraction of sp³-hybridized carbons (Fsp3) is 0.500. The van der Waals surface area contributed by atoms with Gasteiger partial charge in [0.25, 0.3) is 0 Å². The van der Waals surface area contributed by atoms with Crippen LogP contribution >= 0.6 is 0 Å². The summed E-state index contributed by atoms with van der Waals surface area (Å²) < 4.78 is 5.87. The molecule has 89 valence electrons. The van der Waals surface area contributed by atoms with Crippen molar-refractivity contribution in [3.8, 4) is 5.75 Å². The summed E-state index contributed by atoms with van der Waals surface area (Å²) in [6.45, 7) is 10.1. The Balaban J connectivity index is 3.04. The van der Waals surface area contributed by atoms with Gasteiger partial charge in [0.1, 0.15) is 11.4 Å². The molecule has 0 aliphatic rings. The monoisotopic (exact) mass is 221 g/mol. The van der Waals surface area contributed by atoms with Crippen LogP contribution in [0.5, 0.6) is 5.75 Å². The molecule has 16 heavy (non-hydrogen) atoms. The number of aliphatic hydroxyl groups is 1. The average Bonchev–Trinajstić information content (AvgIpc) is 2.18. The van der Waals surface area contributed by atoms with E-state index >= 15 is 0 Å². The van der Waals surface area contributed by atoms with Crippen LogP contribution in [0, 0.1) is 12.8 Å². The fourth-order valence-electron chi connectivity index (χ4n) is 1.60. The average molecular weight is 221 g/mol. The highest BCUT2D eigenvalue weighted by molar-refractivity contribution is 5.45. The van der Waals surface area contributed by atoms with Crippen LogP contribution in [-0.4, -0.2) is 17.3 Å². The topological polar surface area (TPSA) is 29.5 Å². The maximum atomic E-state index is 9.16. The third-order valence-electron chi connectivity index (χ3n) is 2.40. The first-order valence-electron chi connectivity index (χ1n) is 5.57. The molecule has 1 aromatic rings. The zero-order valence-corrected chi connectivity index (χ0v) is 10.8. The first-order valence-corrected chi connectivity index (χ1v) is 5.57. The Hall–Kier alpha value is -1.02. The van der Waals surface area contributed by atoms with Crippen LogP contribution in [0.15, 0.2) is 18.2 Å². The van der Waals surface area contributed by atoms with Gasteiger partial charge in [-0.05, 0) is 44.9 Å². The zero-order chi connectivity index (χ0) is 12.3. The predicted molar refractivity (Wildman–Crippen MR) is 66.7 cm³/mol. The molecule has 2 nitrogen and oxygen atoms in total. The van der Waals surface area contributed by atoms with Gasteiger partial charge in [-0.2, -0.15) is 0 Å². The minimum absolute atomic E-state index is 0.0831. The highest BCUT2D eigenvalue weighted by atomic mass is 16.5. The standard InChI is InChI=1S/C14H21O2/c1-10(9-15)12-7-6-8-13(11(12)2)16-14(3,4)5/h6-8,15H,9H2,1-5H3. The summed E-state index contributed by atoms with van der Waals surface area (Å²) in [5.74, 6) is 1.86. The third kappa shape index (κ3) is 3.24. The van der Waals surface area contributed by atoms with Crippen molar-refractivity contribution < 1.29 is 9.84 Å². The van der Waals surface area contributed by atoms with E-state index in [0.29, 0.717) is 0 Å². The lowest BCUT2D eigenvalue weighted by Gasteiger charge is -2.24. The zero-order valence-electron chi connectivity index (χ0n) is 10.8. The highest BCUT2D eigenvalue weighted by Crippen LogP contribution is 2.28. The number of ether oxygens (including phenoxy) is 1. The van der Waals surface area contributed by atoms with E-state index in [2.05, 4.69) is 0 Å². The van der Waals surface area contributed by atoms with E-state index in [0.717, 1.165) is 22.8 Å². The van der Waals surface area contributed by atoms with Gasteiger partial charge in [0, 0.05) is 5.92 Å². The summed E-state index contributed by atoms with van der Waals surface area (Å²) in [4.78, 5) is 0. The maximum absolute atomic E-state index is 9.16. The van der Waals surface area contributed by atoms with Crippen LogP contribution in [-0.2, 0) is 0 Å². The molecule has 0 fully saturated rings. The maximum Gasteiger partial charge on any atom is 0.123 e. The second-order valence-corrected chi connectivity index (χ2v) is 5.08. The molecule has 0 aliphatic heterocycles. The van der Waals surface area contributed by atoms with E-state index in [4.69, 9.17) is 9.84 Å². The van der Waals surface area contributed by atoms with Gasteiger partial charge in [-0.1, -0.05) is 19.1 Å². The van der Waals surface area contributed by atoms with E-state index < -0.39 is 0 Å². The van der Waals surface area contributed by atoms with Crippen molar-refractivity contribution in [1.82, 2.24) is 0 Å². The summed E-state index contributed by atoms with van der Waals surface area (Å²) in [5, 5.41) is 9.16. The Morgan fingerprint density at radius 3 is 2.44 bits per heavy atom. The summed E-state index contributed by atoms with van der Waals surface area (Å²) in [6.07, 6.45) is 0. The molecule has 1 radical (unpaired) electrons. The Morgan fingerprint density at radius 2 is 1.94 bits per heavy atom. The Labute approximate surface area is 98.3 Å². The second kappa shape index (κ2) is 4.88. The molecule has 1 rings (SSSR count). The molecule has 0 bridgehead atoms. The first kappa shape index (κ1) is 13.0. The third-order valence-corrected chi connectivity index (χ3v) is 2.40. The minimum Gasteiger partial charge on any atom is -0.488 e. The van der Waals surface area contributed by atoms with Crippen LogP contribution in [0.1, 0.15) is 38.8 Å². The molecule has 0 unspecified atom stereocenters. The number of rotatable bonds is 3. The van der Waals surface area contributed by atoms with Crippen LogP contribution in [0.2, 0.25) is 0 Å². The van der Waals surface area contributed by atoms with Crippen molar-refractivity contribution in [1.29, 1.82) is 0 Å². The van der Waals surface area contributed by atoms with Crippen LogP contribution < -0.4 is 4.74 Å². The van der Waals surface area contributed by atoms with Crippen molar-refractivity contribution in [3.05, 3.63) is 35.2 Å². The fourth-order valence-corrected chi connectivity index (χ4v) is 1.60. The molecule has 0 saturated carbocycles. The molecule has 0 aromatic heterocycles. The first-order chi connectivity index (χ1) is 7.35. The van der Waals surface area contributed by atoms with Crippen LogP contribution in [0.4, 0.5) is 0 Å². The Morgan fingerprint density at radius 1 is 1.31 bits per heavy atom. The summed E-state index contributed by atoms with van der Waals surface area (Å²) in [5.41, 5.74) is 1.96. The summed E-state index contributed by atoms with van der Waals surface area (Å²) in [6, 6.07) is 5.94. The number of benzene rings is 1. The molecule has 0 spiro atoms. The molecule has 0 atom stereocenters. The molecule has 0 heterocycles. The van der Waals surface area contributed by atoms with Gasteiger partial charge in [-0.25, -0.2) is 0 Å². The molecular weight excluding hydrogens is 200 g/mol. The SMILES string of the molecule is C[C](CO)c1cccc(OC(C)(C)C)c1C. The molecule has 2 heteroatoms. The number of hydrogen-bond acceptors (Lipinski definition) is 2. The van der Waals surface area contributed by atoms with Crippen molar-refractivity contribution >= 4 is 0 Å². The molecule has 1 aromatic carbocycles. The number of aliphatic hydroxyl groups excluding tert-OH is 1. The molecule has 0 amide bonds. The van der Waals surface area contributed by atoms with Gasteiger partial charge >= 0.3 is 0 Å². The van der Waals surface area contributed by atoms with Crippen molar-refractivity contribution in [2.45, 2.75) is 40.2 Å². The van der Waals surface area contributed by atoms with Gasteiger partial charge in [0.2, 0.25) is 0 Å². The van der Waals surface area contributed by atoms with Gasteiger partial charge in [-0.3, -0.25) is 0 Å². The Kier molecular flexibility index (Phi) is 3.98. The van der Waals surface area contributed by atoms with Crippen molar-refractivity contribution in [3.63, 3.8) is 0 Å². The molecule has 0 aliphatic carbocycles.